The maximum absolute atomic E-state index is 5.31. The number of aromatic nitrogens is 2. The van der Waals surface area contributed by atoms with Crippen molar-refractivity contribution < 1.29 is 4.52 Å². The van der Waals surface area contributed by atoms with Gasteiger partial charge in [-0.15, -0.1) is 0 Å². The molecule has 0 spiro atoms. The van der Waals surface area contributed by atoms with Crippen molar-refractivity contribution in [2.75, 3.05) is 33.7 Å². The van der Waals surface area contributed by atoms with Crippen LogP contribution in [0.2, 0.25) is 0 Å². The molecule has 18 heavy (non-hydrogen) atoms. The second-order valence-electron chi connectivity index (χ2n) is 5.46. The molecule has 0 bridgehead atoms. The number of rotatable bonds is 4. The van der Waals surface area contributed by atoms with Crippen LogP contribution >= 0.6 is 0 Å². The van der Waals surface area contributed by atoms with E-state index in [2.05, 4.69) is 39.4 Å². The fourth-order valence-electron chi connectivity index (χ4n) is 2.28. The van der Waals surface area contributed by atoms with E-state index in [0.717, 1.165) is 25.5 Å². The van der Waals surface area contributed by atoms with Crippen LogP contribution in [0.5, 0.6) is 0 Å². The van der Waals surface area contributed by atoms with Crippen LogP contribution in [0.1, 0.15) is 30.6 Å². The van der Waals surface area contributed by atoms with Gasteiger partial charge < -0.3 is 14.7 Å². The Morgan fingerprint density at radius 3 is 2.94 bits per heavy atom. The Balaban J connectivity index is 1.63. The van der Waals surface area contributed by atoms with Gasteiger partial charge in [-0.1, -0.05) is 5.16 Å². The lowest BCUT2D eigenvalue weighted by molar-refractivity contribution is 0.108. The predicted molar refractivity (Wildman–Crippen MR) is 67.0 cm³/mol. The Bertz CT molecular complexity index is 403. The normalized spacial score (nSPS) is 26.7. The molecular formula is C12H21N5O. The van der Waals surface area contributed by atoms with Gasteiger partial charge in [-0.25, -0.2) is 0 Å². The molecular weight excluding hydrogens is 230 g/mol. The Morgan fingerprint density at radius 2 is 2.17 bits per heavy atom. The van der Waals surface area contributed by atoms with Crippen molar-refractivity contribution in [2.24, 2.45) is 0 Å². The fourth-order valence-corrected chi connectivity index (χ4v) is 2.28. The Morgan fingerprint density at radius 1 is 1.33 bits per heavy atom. The van der Waals surface area contributed by atoms with Crippen molar-refractivity contribution >= 4 is 0 Å². The van der Waals surface area contributed by atoms with E-state index >= 15 is 0 Å². The highest BCUT2D eigenvalue weighted by Crippen LogP contribution is 2.22. The fraction of sp³-hybridized carbons (Fsp3) is 0.833. The largest absolute Gasteiger partial charge is 0.338 e. The molecule has 0 radical (unpaired) electrons. The average molecular weight is 251 g/mol. The van der Waals surface area contributed by atoms with Gasteiger partial charge in [0.25, 0.3) is 0 Å². The standard InChI is InChI=1S/C12H21N5O/c1-16-5-6-17(2)10(8-16)12-14-11(18-15-12)7-13-9-3-4-9/h9-10,13H,3-8H2,1-2H3. The second-order valence-corrected chi connectivity index (χ2v) is 5.46. The molecule has 1 unspecified atom stereocenters. The van der Waals surface area contributed by atoms with Crippen LogP contribution in [-0.2, 0) is 6.54 Å². The topological polar surface area (TPSA) is 57.4 Å². The van der Waals surface area contributed by atoms with Crippen LogP contribution in [0.25, 0.3) is 0 Å². The van der Waals surface area contributed by atoms with E-state index in [9.17, 15) is 0 Å². The molecule has 2 heterocycles. The summed E-state index contributed by atoms with van der Waals surface area (Å²) in [6.45, 7) is 3.81. The average Bonchev–Trinajstić information content (AvgIpc) is 3.08. The van der Waals surface area contributed by atoms with Gasteiger partial charge >= 0.3 is 0 Å². The number of likely N-dealkylation sites (N-methyl/N-ethyl adjacent to an activating group) is 2. The lowest BCUT2D eigenvalue weighted by Crippen LogP contribution is -2.45. The predicted octanol–water partition coefficient (Wildman–Crippen LogP) is 0.240. The van der Waals surface area contributed by atoms with E-state index in [1.54, 1.807) is 0 Å². The summed E-state index contributed by atoms with van der Waals surface area (Å²) in [4.78, 5) is 9.11. The van der Waals surface area contributed by atoms with E-state index in [1.807, 2.05) is 0 Å². The maximum Gasteiger partial charge on any atom is 0.240 e. The zero-order valence-electron chi connectivity index (χ0n) is 11.1. The van der Waals surface area contributed by atoms with E-state index in [4.69, 9.17) is 4.52 Å². The Kier molecular flexibility index (Phi) is 3.32. The van der Waals surface area contributed by atoms with Gasteiger partial charge in [0.05, 0.1) is 12.6 Å². The summed E-state index contributed by atoms with van der Waals surface area (Å²) in [6.07, 6.45) is 2.55. The first-order valence-electron chi connectivity index (χ1n) is 6.67. The van der Waals surface area contributed by atoms with E-state index in [0.29, 0.717) is 18.5 Å². The Hall–Kier alpha value is -0.980. The van der Waals surface area contributed by atoms with Gasteiger partial charge in [-0.05, 0) is 26.9 Å². The van der Waals surface area contributed by atoms with Crippen LogP contribution in [0.3, 0.4) is 0 Å². The van der Waals surface area contributed by atoms with E-state index < -0.39 is 0 Å². The molecule has 0 amide bonds. The van der Waals surface area contributed by atoms with Crippen LogP contribution < -0.4 is 5.32 Å². The highest BCUT2D eigenvalue weighted by molar-refractivity contribution is 4.98. The van der Waals surface area contributed by atoms with Crippen molar-refractivity contribution in [3.8, 4) is 0 Å². The third-order valence-electron chi connectivity index (χ3n) is 3.75. The molecule has 1 atom stereocenters. The molecule has 0 aromatic carbocycles. The summed E-state index contributed by atoms with van der Waals surface area (Å²) in [5.74, 6) is 1.52. The van der Waals surface area contributed by atoms with Crippen LogP contribution in [-0.4, -0.2) is 59.7 Å². The summed E-state index contributed by atoms with van der Waals surface area (Å²) < 4.78 is 5.31. The first kappa shape index (κ1) is 12.1. The number of piperazine rings is 1. The lowest BCUT2D eigenvalue weighted by atomic mass is 10.2. The number of hydrogen-bond donors (Lipinski definition) is 1. The van der Waals surface area contributed by atoms with Crippen molar-refractivity contribution in [1.29, 1.82) is 0 Å². The molecule has 3 rings (SSSR count). The molecule has 1 saturated heterocycles. The molecule has 1 aliphatic carbocycles. The van der Waals surface area contributed by atoms with Gasteiger partial charge in [-0.2, -0.15) is 4.98 Å². The van der Waals surface area contributed by atoms with E-state index in [-0.39, 0.29) is 6.04 Å². The van der Waals surface area contributed by atoms with Crippen molar-refractivity contribution in [3.05, 3.63) is 11.7 Å². The zero-order chi connectivity index (χ0) is 12.5. The second kappa shape index (κ2) is 4.95. The zero-order valence-corrected chi connectivity index (χ0v) is 11.1. The summed E-state index contributed by atoms with van der Waals surface area (Å²) >= 11 is 0. The monoisotopic (exact) mass is 251 g/mol. The molecule has 1 aromatic heterocycles. The van der Waals surface area contributed by atoms with Crippen molar-refractivity contribution in [1.82, 2.24) is 25.3 Å². The summed E-state index contributed by atoms with van der Waals surface area (Å²) in [5.41, 5.74) is 0. The minimum Gasteiger partial charge on any atom is -0.338 e. The molecule has 1 aromatic rings. The van der Waals surface area contributed by atoms with Crippen LogP contribution in [0.4, 0.5) is 0 Å². The first-order chi connectivity index (χ1) is 8.72. The van der Waals surface area contributed by atoms with Gasteiger partial charge in [-0.3, -0.25) is 4.90 Å². The third kappa shape index (κ3) is 2.71. The molecule has 6 nitrogen and oxygen atoms in total. The van der Waals surface area contributed by atoms with Gasteiger partial charge in [0.2, 0.25) is 5.89 Å². The molecule has 2 fully saturated rings. The molecule has 100 valence electrons. The molecule has 1 N–H and O–H groups in total. The maximum atomic E-state index is 5.31. The lowest BCUT2D eigenvalue weighted by Gasteiger charge is -2.35. The summed E-state index contributed by atoms with van der Waals surface area (Å²) in [5, 5.41) is 7.52. The molecule has 1 saturated carbocycles. The molecule has 1 aliphatic heterocycles. The van der Waals surface area contributed by atoms with Crippen LogP contribution in [0, 0.1) is 0 Å². The Labute approximate surface area is 107 Å². The SMILES string of the molecule is CN1CCN(C)C(c2noc(CNC3CC3)n2)C1. The third-order valence-corrected chi connectivity index (χ3v) is 3.75. The summed E-state index contributed by atoms with van der Waals surface area (Å²) in [7, 11) is 4.26. The molecule has 2 aliphatic rings. The van der Waals surface area contributed by atoms with Gasteiger partial charge in [0.15, 0.2) is 5.82 Å². The molecule has 6 heteroatoms. The quantitative estimate of drug-likeness (QED) is 0.827. The first-order valence-corrected chi connectivity index (χ1v) is 6.67. The van der Waals surface area contributed by atoms with E-state index in [1.165, 1.54) is 12.8 Å². The van der Waals surface area contributed by atoms with Crippen LogP contribution in [0.15, 0.2) is 4.52 Å². The smallest absolute Gasteiger partial charge is 0.240 e. The number of nitrogens with zero attached hydrogens (tertiary/aromatic N) is 4. The number of nitrogens with one attached hydrogen (secondary N) is 1. The van der Waals surface area contributed by atoms with Crippen molar-refractivity contribution in [2.45, 2.75) is 31.5 Å². The highest BCUT2D eigenvalue weighted by Gasteiger charge is 2.28. The van der Waals surface area contributed by atoms with Gasteiger partial charge in [0.1, 0.15) is 0 Å². The highest BCUT2D eigenvalue weighted by atomic mass is 16.5. The van der Waals surface area contributed by atoms with Gasteiger partial charge in [0, 0.05) is 25.7 Å². The van der Waals surface area contributed by atoms with Crippen molar-refractivity contribution in [3.63, 3.8) is 0 Å². The minimum atomic E-state index is 0.252. The summed E-state index contributed by atoms with van der Waals surface area (Å²) in [6, 6.07) is 0.922. The minimum absolute atomic E-state index is 0.252. The number of hydrogen-bond acceptors (Lipinski definition) is 6.